The van der Waals surface area contributed by atoms with Crippen LogP contribution in [0.25, 0.3) is 21.3 Å². The first-order chi connectivity index (χ1) is 12.7. The molecule has 4 aromatic rings. The molecule has 0 aliphatic heterocycles. The molecule has 0 amide bonds. The van der Waals surface area contributed by atoms with Gasteiger partial charge < -0.3 is 0 Å². The lowest BCUT2D eigenvalue weighted by molar-refractivity contribution is 0.730. The van der Waals surface area contributed by atoms with E-state index in [0.717, 1.165) is 46.3 Å². The highest BCUT2D eigenvalue weighted by molar-refractivity contribution is 7.18. The van der Waals surface area contributed by atoms with Crippen LogP contribution in [0.3, 0.4) is 0 Å². The molecule has 0 bridgehead atoms. The zero-order valence-electron chi connectivity index (χ0n) is 14.3. The van der Waals surface area contributed by atoms with Gasteiger partial charge in [-0.05, 0) is 30.9 Å². The van der Waals surface area contributed by atoms with E-state index in [1.807, 2.05) is 37.8 Å². The fourth-order valence-corrected chi connectivity index (χ4v) is 4.79. The predicted octanol–water partition coefficient (Wildman–Crippen LogP) is 2.79. The number of thiophene rings is 1. The maximum Gasteiger partial charge on any atom is 0.262 e. The van der Waals surface area contributed by atoms with Crippen molar-refractivity contribution in [2.75, 3.05) is 0 Å². The van der Waals surface area contributed by atoms with E-state index in [9.17, 15) is 4.79 Å². The van der Waals surface area contributed by atoms with Gasteiger partial charge in [0.05, 0.1) is 30.1 Å². The van der Waals surface area contributed by atoms with Crippen molar-refractivity contribution >= 4 is 21.6 Å². The van der Waals surface area contributed by atoms with Crippen LogP contribution in [-0.4, -0.2) is 24.3 Å². The third-order valence-electron chi connectivity index (χ3n) is 4.89. The first-order valence-corrected chi connectivity index (χ1v) is 9.44. The third kappa shape index (κ3) is 2.47. The lowest BCUT2D eigenvalue weighted by atomic mass is 10.1. The molecule has 1 aliphatic rings. The fourth-order valence-electron chi connectivity index (χ4n) is 3.57. The summed E-state index contributed by atoms with van der Waals surface area (Å²) in [6.45, 7) is 0.430. The molecule has 0 fully saturated rings. The van der Waals surface area contributed by atoms with Crippen molar-refractivity contribution in [1.29, 1.82) is 0 Å². The Morgan fingerprint density at radius 2 is 2.08 bits per heavy atom. The Balaban J connectivity index is 1.48. The van der Waals surface area contributed by atoms with Crippen LogP contribution in [-0.2, 0) is 26.4 Å². The Kier molecular flexibility index (Phi) is 3.49. The van der Waals surface area contributed by atoms with Crippen molar-refractivity contribution < 1.29 is 0 Å². The average Bonchev–Trinajstić information content (AvgIpc) is 3.34. The normalized spacial score (nSPS) is 13.4. The van der Waals surface area contributed by atoms with Crippen molar-refractivity contribution in [3.05, 3.63) is 63.5 Å². The number of aryl methyl sites for hydroxylation is 3. The van der Waals surface area contributed by atoms with E-state index in [1.54, 1.807) is 26.9 Å². The fraction of sp³-hybridized carbons (Fsp3) is 0.263. The molecule has 0 saturated heterocycles. The SMILES string of the molecule is Cn1cc(-c2ccc(Cn3cnc4sc5c(c4c3=O)CCC5)nc2)cn1. The molecule has 7 heteroatoms. The monoisotopic (exact) mass is 363 g/mol. The van der Waals surface area contributed by atoms with Crippen molar-refractivity contribution in [3.8, 4) is 11.1 Å². The van der Waals surface area contributed by atoms with E-state index in [4.69, 9.17) is 0 Å². The van der Waals surface area contributed by atoms with Crippen molar-refractivity contribution in [2.45, 2.75) is 25.8 Å². The summed E-state index contributed by atoms with van der Waals surface area (Å²) in [4.78, 5) is 24.2. The van der Waals surface area contributed by atoms with Gasteiger partial charge in [0.15, 0.2) is 0 Å². The number of hydrogen-bond acceptors (Lipinski definition) is 5. The van der Waals surface area contributed by atoms with Gasteiger partial charge in [-0.1, -0.05) is 6.07 Å². The van der Waals surface area contributed by atoms with Gasteiger partial charge in [-0.25, -0.2) is 4.98 Å². The first kappa shape index (κ1) is 15.5. The number of aromatic nitrogens is 5. The number of rotatable bonds is 3. The minimum absolute atomic E-state index is 0.0486. The topological polar surface area (TPSA) is 65.6 Å². The van der Waals surface area contributed by atoms with Crippen molar-refractivity contribution in [1.82, 2.24) is 24.3 Å². The Morgan fingerprint density at radius 3 is 2.85 bits per heavy atom. The van der Waals surface area contributed by atoms with Crippen LogP contribution in [0.4, 0.5) is 0 Å². The second-order valence-electron chi connectivity index (χ2n) is 6.66. The van der Waals surface area contributed by atoms with E-state index < -0.39 is 0 Å². The predicted molar refractivity (Wildman–Crippen MR) is 101 cm³/mol. The van der Waals surface area contributed by atoms with E-state index in [1.165, 1.54) is 10.4 Å². The number of pyridine rings is 1. The van der Waals surface area contributed by atoms with E-state index in [2.05, 4.69) is 15.1 Å². The highest BCUT2D eigenvalue weighted by atomic mass is 32.1. The molecule has 0 saturated carbocycles. The van der Waals surface area contributed by atoms with Gasteiger partial charge in [-0.3, -0.25) is 19.0 Å². The molecule has 6 nitrogen and oxygen atoms in total. The summed E-state index contributed by atoms with van der Waals surface area (Å²) in [5, 5.41) is 5.00. The molecule has 0 spiro atoms. The summed E-state index contributed by atoms with van der Waals surface area (Å²) in [6.07, 6.45) is 10.5. The van der Waals surface area contributed by atoms with Crippen molar-refractivity contribution in [3.63, 3.8) is 0 Å². The molecule has 0 aromatic carbocycles. The average molecular weight is 363 g/mol. The quantitative estimate of drug-likeness (QED) is 0.561. The van der Waals surface area contributed by atoms with Crippen LogP contribution in [0.15, 0.2) is 41.8 Å². The van der Waals surface area contributed by atoms with Gasteiger partial charge in [0.2, 0.25) is 0 Å². The first-order valence-electron chi connectivity index (χ1n) is 8.62. The Bertz CT molecular complexity index is 1170. The smallest absolute Gasteiger partial charge is 0.262 e. The summed E-state index contributed by atoms with van der Waals surface area (Å²) in [7, 11) is 1.89. The van der Waals surface area contributed by atoms with Gasteiger partial charge >= 0.3 is 0 Å². The molecule has 1 aliphatic carbocycles. The summed E-state index contributed by atoms with van der Waals surface area (Å²) in [5.74, 6) is 0. The minimum atomic E-state index is 0.0486. The van der Waals surface area contributed by atoms with E-state index in [-0.39, 0.29) is 5.56 Å². The van der Waals surface area contributed by atoms with Gasteiger partial charge in [0, 0.05) is 35.4 Å². The summed E-state index contributed by atoms with van der Waals surface area (Å²) < 4.78 is 3.43. The van der Waals surface area contributed by atoms with Crippen LogP contribution in [0.1, 0.15) is 22.6 Å². The van der Waals surface area contributed by atoms with Gasteiger partial charge in [-0.2, -0.15) is 5.10 Å². The van der Waals surface area contributed by atoms with E-state index in [0.29, 0.717) is 6.54 Å². The zero-order chi connectivity index (χ0) is 17.7. The molecule has 26 heavy (non-hydrogen) atoms. The van der Waals surface area contributed by atoms with Crippen LogP contribution >= 0.6 is 11.3 Å². The second-order valence-corrected chi connectivity index (χ2v) is 7.74. The van der Waals surface area contributed by atoms with Crippen LogP contribution in [0.2, 0.25) is 0 Å². The molecular formula is C19H17N5OS. The molecule has 4 aromatic heterocycles. The summed E-state index contributed by atoms with van der Waals surface area (Å²) >= 11 is 1.67. The number of nitrogens with zero attached hydrogens (tertiary/aromatic N) is 5. The second kappa shape index (κ2) is 5.88. The lowest BCUT2D eigenvalue weighted by Gasteiger charge is -2.06. The van der Waals surface area contributed by atoms with Crippen LogP contribution in [0.5, 0.6) is 0 Å². The van der Waals surface area contributed by atoms with E-state index >= 15 is 0 Å². The summed E-state index contributed by atoms with van der Waals surface area (Å²) in [5.41, 5.74) is 4.15. The third-order valence-corrected chi connectivity index (χ3v) is 6.09. The lowest BCUT2D eigenvalue weighted by Crippen LogP contribution is -2.21. The maximum absolute atomic E-state index is 12.9. The highest BCUT2D eigenvalue weighted by Gasteiger charge is 2.21. The van der Waals surface area contributed by atoms with Gasteiger partial charge in [0.25, 0.3) is 5.56 Å². The molecule has 130 valence electrons. The van der Waals surface area contributed by atoms with Gasteiger partial charge in [0.1, 0.15) is 4.83 Å². The number of hydrogen-bond donors (Lipinski definition) is 0. The maximum atomic E-state index is 12.9. The Labute approximate surface area is 153 Å². The molecule has 0 atom stereocenters. The number of fused-ring (bicyclic) bond motifs is 3. The zero-order valence-corrected chi connectivity index (χ0v) is 15.2. The molecule has 0 radical (unpaired) electrons. The van der Waals surface area contributed by atoms with Crippen LogP contribution in [0, 0.1) is 0 Å². The van der Waals surface area contributed by atoms with Crippen LogP contribution < -0.4 is 5.56 Å². The molecule has 5 rings (SSSR count). The molecule has 4 heterocycles. The van der Waals surface area contributed by atoms with Crippen molar-refractivity contribution in [2.24, 2.45) is 7.05 Å². The molecule has 0 N–H and O–H groups in total. The standard InChI is InChI=1S/C19H17N5OS/c1-23-9-13(8-22-23)12-5-6-14(20-7-12)10-24-11-21-18-17(19(24)25)15-3-2-4-16(15)26-18/h5-9,11H,2-4,10H2,1H3. The molecule has 0 unspecified atom stereocenters. The Morgan fingerprint density at radius 1 is 1.15 bits per heavy atom. The Hall–Kier alpha value is -2.80. The molecular weight excluding hydrogens is 346 g/mol. The highest BCUT2D eigenvalue weighted by Crippen LogP contribution is 2.34. The summed E-state index contributed by atoms with van der Waals surface area (Å²) in [6, 6.07) is 3.97. The largest absolute Gasteiger partial charge is 0.293 e. The van der Waals surface area contributed by atoms with Gasteiger partial charge in [-0.15, -0.1) is 11.3 Å². The minimum Gasteiger partial charge on any atom is -0.293 e.